The van der Waals surface area contributed by atoms with Crippen LogP contribution in [0.4, 0.5) is 13.2 Å². The third-order valence-electron chi connectivity index (χ3n) is 3.91. The summed E-state index contributed by atoms with van der Waals surface area (Å²) in [5.41, 5.74) is -2.59. The molecule has 0 radical (unpaired) electrons. The van der Waals surface area contributed by atoms with Gasteiger partial charge in [0.25, 0.3) is 0 Å². The van der Waals surface area contributed by atoms with Crippen LogP contribution in [0.3, 0.4) is 0 Å². The summed E-state index contributed by atoms with van der Waals surface area (Å²) in [4.78, 5) is 25.2. The smallest absolute Gasteiger partial charge is 0.340 e. The van der Waals surface area contributed by atoms with Crippen molar-refractivity contribution in [3.63, 3.8) is 0 Å². The van der Waals surface area contributed by atoms with Crippen LogP contribution in [0.15, 0.2) is 0 Å². The average molecular weight is 278 g/mol. The van der Waals surface area contributed by atoms with E-state index in [2.05, 4.69) is 5.32 Å². The first-order valence-corrected chi connectivity index (χ1v) is 6.30. The van der Waals surface area contributed by atoms with Crippen LogP contribution in [0, 0.1) is 0 Å². The van der Waals surface area contributed by atoms with E-state index in [0.29, 0.717) is 25.7 Å². The molecule has 0 bridgehead atoms. The number of halogens is 3. The van der Waals surface area contributed by atoms with Gasteiger partial charge in [-0.25, -0.2) is 0 Å². The second kappa shape index (κ2) is 4.11. The van der Waals surface area contributed by atoms with E-state index >= 15 is 0 Å². The van der Waals surface area contributed by atoms with Gasteiger partial charge >= 0.3 is 6.18 Å². The van der Waals surface area contributed by atoms with Crippen molar-refractivity contribution in [3.05, 3.63) is 0 Å². The molecule has 0 aromatic rings. The van der Waals surface area contributed by atoms with Gasteiger partial charge in [-0.3, -0.25) is 9.59 Å². The molecule has 2 amide bonds. The normalized spacial score (nSPS) is 25.8. The van der Waals surface area contributed by atoms with Crippen LogP contribution in [-0.2, 0) is 9.59 Å². The van der Waals surface area contributed by atoms with Gasteiger partial charge < -0.3 is 10.2 Å². The minimum atomic E-state index is -4.50. The Bertz CT molecular complexity index is 412. The Morgan fingerprint density at radius 1 is 1.21 bits per heavy atom. The Labute approximate surface area is 109 Å². The summed E-state index contributed by atoms with van der Waals surface area (Å²) in [5.74, 6) is -1.12. The summed E-state index contributed by atoms with van der Waals surface area (Å²) >= 11 is 0. The van der Waals surface area contributed by atoms with Gasteiger partial charge in [0.2, 0.25) is 11.8 Å². The summed E-state index contributed by atoms with van der Waals surface area (Å²) in [5, 5.41) is 2.56. The summed E-state index contributed by atoms with van der Waals surface area (Å²) in [6, 6.07) is 0. The summed E-state index contributed by atoms with van der Waals surface area (Å²) in [7, 11) is 0. The molecule has 1 aliphatic heterocycles. The first-order chi connectivity index (χ1) is 8.58. The predicted octanol–water partition coefficient (Wildman–Crippen LogP) is 1.60. The molecule has 2 fully saturated rings. The molecule has 4 nitrogen and oxygen atoms in total. The molecule has 1 saturated heterocycles. The number of amides is 2. The standard InChI is InChI=1S/C12H17F3N2O2/c1-10(2)9(19)17(7-12(13,14)15)11(8(18)16-10)5-3-4-6-11/h3-7H2,1-2H3,(H,16,18). The van der Waals surface area contributed by atoms with Crippen LogP contribution in [0.2, 0.25) is 0 Å². The quantitative estimate of drug-likeness (QED) is 0.792. The summed E-state index contributed by atoms with van der Waals surface area (Å²) in [6.07, 6.45) is -2.57. The molecule has 7 heteroatoms. The van der Waals surface area contributed by atoms with Crippen molar-refractivity contribution in [1.29, 1.82) is 0 Å². The Hall–Kier alpha value is -1.27. The zero-order valence-corrected chi connectivity index (χ0v) is 10.9. The molecule has 1 aliphatic carbocycles. The van der Waals surface area contributed by atoms with Crippen molar-refractivity contribution in [2.24, 2.45) is 0 Å². The number of nitrogens with zero attached hydrogens (tertiary/aromatic N) is 1. The van der Waals surface area contributed by atoms with Gasteiger partial charge in [-0.05, 0) is 26.7 Å². The van der Waals surface area contributed by atoms with Crippen molar-refractivity contribution in [2.45, 2.75) is 56.8 Å². The number of carbonyl (C=O) groups is 2. The maximum Gasteiger partial charge on any atom is 0.406 e. The fraction of sp³-hybridized carbons (Fsp3) is 0.833. The molecular formula is C12H17F3N2O2. The Morgan fingerprint density at radius 3 is 2.21 bits per heavy atom. The lowest BCUT2D eigenvalue weighted by molar-refractivity contribution is -0.186. The zero-order chi connectivity index (χ0) is 14.5. The van der Waals surface area contributed by atoms with Crippen molar-refractivity contribution in [1.82, 2.24) is 10.2 Å². The third kappa shape index (κ3) is 2.30. The van der Waals surface area contributed by atoms with Crippen molar-refractivity contribution < 1.29 is 22.8 Å². The maximum atomic E-state index is 12.7. The lowest BCUT2D eigenvalue weighted by atomic mass is 9.85. The van der Waals surface area contributed by atoms with E-state index in [1.807, 2.05) is 0 Å². The number of piperazine rings is 1. The molecule has 2 rings (SSSR count). The van der Waals surface area contributed by atoms with Crippen LogP contribution >= 0.6 is 0 Å². The van der Waals surface area contributed by atoms with Crippen LogP contribution in [0.25, 0.3) is 0 Å². The first-order valence-electron chi connectivity index (χ1n) is 6.30. The van der Waals surface area contributed by atoms with Gasteiger partial charge in [-0.15, -0.1) is 0 Å². The Morgan fingerprint density at radius 2 is 1.74 bits per heavy atom. The lowest BCUT2D eigenvalue weighted by Crippen LogP contribution is -2.74. The highest BCUT2D eigenvalue weighted by Crippen LogP contribution is 2.41. The first kappa shape index (κ1) is 14.1. The third-order valence-corrected chi connectivity index (χ3v) is 3.91. The second-order valence-corrected chi connectivity index (χ2v) is 5.82. The van der Waals surface area contributed by atoms with E-state index in [-0.39, 0.29) is 0 Å². The van der Waals surface area contributed by atoms with Gasteiger partial charge in [0.05, 0.1) is 0 Å². The molecule has 1 heterocycles. The van der Waals surface area contributed by atoms with Crippen molar-refractivity contribution in [3.8, 4) is 0 Å². The Balaban J connectivity index is 2.40. The van der Waals surface area contributed by atoms with Gasteiger partial charge in [-0.1, -0.05) is 12.8 Å². The minimum Gasteiger partial charge on any atom is -0.340 e. The van der Waals surface area contributed by atoms with Crippen molar-refractivity contribution in [2.75, 3.05) is 6.54 Å². The van der Waals surface area contributed by atoms with E-state index in [9.17, 15) is 22.8 Å². The molecule has 2 aliphatic rings. The van der Waals surface area contributed by atoms with Gasteiger partial charge in [0.1, 0.15) is 17.6 Å². The molecular weight excluding hydrogens is 261 g/mol. The number of rotatable bonds is 1. The van der Waals surface area contributed by atoms with E-state index < -0.39 is 35.6 Å². The number of hydrogen-bond acceptors (Lipinski definition) is 2. The van der Waals surface area contributed by atoms with E-state index in [1.54, 1.807) is 0 Å². The highest BCUT2D eigenvalue weighted by molar-refractivity contribution is 6.02. The van der Waals surface area contributed by atoms with Crippen LogP contribution in [0.1, 0.15) is 39.5 Å². The Kier molecular flexibility index (Phi) is 3.06. The largest absolute Gasteiger partial charge is 0.406 e. The van der Waals surface area contributed by atoms with E-state index in [1.165, 1.54) is 13.8 Å². The number of carbonyl (C=O) groups excluding carboxylic acids is 2. The van der Waals surface area contributed by atoms with Gasteiger partial charge in [-0.2, -0.15) is 13.2 Å². The van der Waals surface area contributed by atoms with Crippen LogP contribution in [0.5, 0.6) is 0 Å². The monoisotopic (exact) mass is 278 g/mol. The topological polar surface area (TPSA) is 49.4 Å². The second-order valence-electron chi connectivity index (χ2n) is 5.82. The predicted molar refractivity (Wildman–Crippen MR) is 61.2 cm³/mol. The molecule has 0 aromatic heterocycles. The lowest BCUT2D eigenvalue weighted by Gasteiger charge is -2.49. The molecule has 19 heavy (non-hydrogen) atoms. The molecule has 0 aromatic carbocycles. The molecule has 1 N–H and O–H groups in total. The fourth-order valence-electron chi connectivity index (χ4n) is 2.97. The molecule has 1 spiro atoms. The van der Waals surface area contributed by atoms with Gasteiger partial charge in [0, 0.05) is 0 Å². The summed E-state index contributed by atoms with van der Waals surface area (Å²) in [6.45, 7) is 1.50. The SMILES string of the molecule is CC1(C)NC(=O)C2(CCCC2)N(CC(F)(F)F)C1=O. The highest BCUT2D eigenvalue weighted by Gasteiger charge is 2.58. The minimum absolute atomic E-state index is 0.302. The highest BCUT2D eigenvalue weighted by atomic mass is 19.4. The molecule has 0 atom stereocenters. The number of alkyl halides is 3. The fourth-order valence-corrected chi connectivity index (χ4v) is 2.97. The average Bonchev–Trinajstić information content (AvgIpc) is 2.71. The molecule has 1 saturated carbocycles. The zero-order valence-electron chi connectivity index (χ0n) is 10.9. The van der Waals surface area contributed by atoms with E-state index in [4.69, 9.17) is 0 Å². The molecule has 0 unspecified atom stereocenters. The number of nitrogens with one attached hydrogen (secondary N) is 1. The maximum absolute atomic E-state index is 12.7. The van der Waals surface area contributed by atoms with Crippen LogP contribution in [-0.4, -0.2) is 40.5 Å². The molecule has 108 valence electrons. The van der Waals surface area contributed by atoms with Crippen molar-refractivity contribution >= 4 is 11.8 Å². The van der Waals surface area contributed by atoms with E-state index in [0.717, 1.165) is 4.90 Å². The summed E-state index contributed by atoms with van der Waals surface area (Å²) < 4.78 is 38.1. The van der Waals surface area contributed by atoms with Gasteiger partial charge in [0.15, 0.2) is 0 Å². The number of hydrogen-bond donors (Lipinski definition) is 1. The van der Waals surface area contributed by atoms with Crippen LogP contribution < -0.4 is 5.32 Å².